The van der Waals surface area contributed by atoms with E-state index >= 15 is 0 Å². The molecule has 1 aromatic carbocycles. The molecule has 0 aliphatic heterocycles. The number of halogens is 1. The van der Waals surface area contributed by atoms with E-state index in [1.165, 1.54) is 34.8 Å². The van der Waals surface area contributed by atoms with E-state index in [0.717, 1.165) is 6.42 Å². The Labute approximate surface area is 106 Å². The van der Waals surface area contributed by atoms with Gasteiger partial charge in [-0.05, 0) is 53.5 Å². The summed E-state index contributed by atoms with van der Waals surface area (Å²) in [6.45, 7) is 0. The number of aryl methyl sites for hydroxylation is 1. The number of nitriles is 1. The largest absolute Gasteiger partial charge is 0.198 e. The minimum atomic E-state index is 0.711. The summed E-state index contributed by atoms with van der Waals surface area (Å²) >= 11 is 2.39. The molecule has 0 amide bonds. The minimum absolute atomic E-state index is 0.711. The lowest BCUT2D eigenvalue weighted by atomic mass is 10.1. The average Bonchev–Trinajstić information content (AvgIpc) is 2.25. The average molecular weight is 313 g/mol. The fourth-order valence-electron chi connectivity index (χ4n) is 1.57. The zero-order chi connectivity index (χ0) is 10.9. The minimum Gasteiger partial charge on any atom is -0.198 e. The first kappa shape index (κ1) is 12.5. The van der Waals surface area contributed by atoms with Gasteiger partial charge in [0.25, 0.3) is 0 Å². The standard InChI is InChI=1S/C13H16IN/c14-13-10-6-5-9-12(13)8-4-2-1-3-7-11-15/h5-6,9-10H,1-4,7-8H2. The highest BCUT2D eigenvalue weighted by molar-refractivity contribution is 14.1. The summed E-state index contributed by atoms with van der Waals surface area (Å²) in [7, 11) is 0. The predicted octanol–water partition coefficient (Wildman–Crippen LogP) is 4.31. The molecule has 0 aliphatic rings. The van der Waals surface area contributed by atoms with Crippen LogP contribution in [0.1, 0.15) is 37.7 Å². The SMILES string of the molecule is N#CCCCCCCc1ccccc1I. The van der Waals surface area contributed by atoms with Gasteiger partial charge in [0, 0.05) is 9.99 Å². The Morgan fingerprint density at radius 1 is 1.07 bits per heavy atom. The molecule has 1 aromatic rings. The molecule has 0 atom stereocenters. The van der Waals surface area contributed by atoms with Crippen LogP contribution in [0.25, 0.3) is 0 Å². The number of benzene rings is 1. The van der Waals surface area contributed by atoms with Gasteiger partial charge in [0.05, 0.1) is 6.07 Å². The van der Waals surface area contributed by atoms with Crippen molar-refractivity contribution in [2.24, 2.45) is 0 Å². The first-order chi connectivity index (χ1) is 7.34. The fourth-order valence-corrected chi connectivity index (χ4v) is 2.23. The van der Waals surface area contributed by atoms with Crippen LogP contribution in [0, 0.1) is 14.9 Å². The monoisotopic (exact) mass is 313 g/mol. The van der Waals surface area contributed by atoms with Gasteiger partial charge in [0.1, 0.15) is 0 Å². The van der Waals surface area contributed by atoms with Gasteiger partial charge in [-0.15, -0.1) is 0 Å². The molecule has 15 heavy (non-hydrogen) atoms. The van der Waals surface area contributed by atoms with Crippen LogP contribution in [0.3, 0.4) is 0 Å². The molecule has 0 unspecified atom stereocenters. The maximum absolute atomic E-state index is 8.39. The molecule has 2 heteroatoms. The molecule has 0 saturated heterocycles. The summed E-state index contributed by atoms with van der Waals surface area (Å²) in [5.41, 5.74) is 1.46. The summed E-state index contributed by atoms with van der Waals surface area (Å²) in [4.78, 5) is 0. The first-order valence-electron chi connectivity index (χ1n) is 5.45. The van der Waals surface area contributed by atoms with Crippen molar-refractivity contribution in [1.29, 1.82) is 5.26 Å². The normalized spacial score (nSPS) is 9.87. The number of hydrogen-bond donors (Lipinski definition) is 0. The van der Waals surface area contributed by atoms with Gasteiger partial charge in [0.15, 0.2) is 0 Å². The zero-order valence-corrected chi connectivity index (χ0v) is 11.0. The Hall–Kier alpha value is -0.560. The Bertz CT molecular complexity index is 328. The van der Waals surface area contributed by atoms with E-state index in [-0.39, 0.29) is 0 Å². The molecule has 0 bridgehead atoms. The van der Waals surface area contributed by atoms with E-state index in [0.29, 0.717) is 6.42 Å². The molecule has 0 fully saturated rings. The van der Waals surface area contributed by atoms with E-state index in [2.05, 4.69) is 52.9 Å². The van der Waals surface area contributed by atoms with Gasteiger partial charge in [-0.1, -0.05) is 31.0 Å². The van der Waals surface area contributed by atoms with Crippen molar-refractivity contribution >= 4 is 22.6 Å². The van der Waals surface area contributed by atoms with Gasteiger partial charge in [-0.25, -0.2) is 0 Å². The molecule has 1 rings (SSSR count). The van der Waals surface area contributed by atoms with Crippen molar-refractivity contribution in [3.63, 3.8) is 0 Å². The van der Waals surface area contributed by atoms with Crippen LogP contribution in [0.15, 0.2) is 24.3 Å². The van der Waals surface area contributed by atoms with Crippen LogP contribution in [-0.4, -0.2) is 0 Å². The Kier molecular flexibility index (Phi) is 6.42. The van der Waals surface area contributed by atoms with Crippen molar-refractivity contribution < 1.29 is 0 Å². The van der Waals surface area contributed by atoms with Gasteiger partial charge in [0.2, 0.25) is 0 Å². The van der Waals surface area contributed by atoms with Crippen molar-refractivity contribution in [1.82, 2.24) is 0 Å². The zero-order valence-electron chi connectivity index (χ0n) is 8.88. The summed E-state index contributed by atoms with van der Waals surface area (Å²) < 4.78 is 1.37. The molecule has 80 valence electrons. The van der Waals surface area contributed by atoms with E-state index in [1.54, 1.807) is 0 Å². The molecule has 0 radical (unpaired) electrons. The van der Waals surface area contributed by atoms with E-state index in [1.807, 2.05) is 0 Å². The molecule has 1 nitrogen and oxygen atoms in total. The molecule has 0 spiro atoms. The first-order valence-corrected chi connectivity index (χ1v) is 6.53. The summed E-state index contributed by atoms with van der Waals surface area (Å²) in [6.07, 6.45) is 6.62. The van der Waals surface area contributed by atoms with Gasteiger partial charge in [-0.3, -0.25) is 0 Å². The van der Waals surface area contributed by atoms with Gasteiger partial charge < -0.3 is 0 Å². The van der Waals surface area contributed by atoms with Crippen LogP contribution in [0.5, 0.6) is 0 Å². The lowest BCUT2D eigenvalue weighted by molar-refractivity contribution is 0.648. The van der Waals surface area contributed by atoms with E-state index < -0.39 is 0 Å². The quantitative estimate of drug-likeness (QED) is 0.567. The van der Waals surface area contributed by atoms with Crippen molar-refractivity contribution in [3.05, 3.63) is 33.4 Å². The third kappa shape index (κ3) is 5.17. The highest BCUT2D eigenvalue weighted by Gasteiger charge is 1.97. The van der Waals surface area contributed by atoms with Crippen molar-refractivity contribution in [3.8, 4) is 6.07 Å². The number of unbranched alkanes of at least 4 members (excludes halogenated alkanes) is 4. The van der Waals surface area contributed by atoms with Crippen LogP contribution >= 0.6 is 22.6 Å². The molecule has 0 saturated carbocycles. The maximum atomic E-state index is 8.39. The second kappa shape index (κ2) is 7.70. The van der Waals surface area contributed by atoms with Crippen molar-refractivity contribution in [2.75, 3.05) is 0 Å². The molecule has 0 heterocycles. The van der Waals surface area contributed by atoms with Gasteiger partial charge >= 0.3 is 0 Å². The highest BCUT2D eigenvalue weighted by Crippen LogP contribution is 2.15. The molecular weight excluding hydrogens is 297 g/mol. The number of nitrogens with zero attached hydrogens (tertiary/aromatic N) is 1. The Morgan fingerprint density at radius 2 is 1.80 bits per heavy atom. The topological polar surface area (TPSA) is 23.8 Å². The summed E-state index contributed by atoms with van der Waals surface area (Å²) in [6, 6.07) is 10.7. The predicted molar refractivity (Wildman–Crippen MR) is 71.6 cm³/mol. The summed E-state index contributed by atoms with van der Waals surface area (Å²) in [5, 5.41) is 8.39. The molecule has 0 N–H and O–H groups in total. The molecule has 0 aromatic heterocycles. The number of hydrogen-bond acceptors (Lipinski definition) is 1. The van der Waals surface area contributed by atoms with Crippen molar-refractivity contribution in [2.45, 2.75) is 38.5 Å². The fraction of sp³-hybridized carbons (Fsp3) is 0.462. The number of rotatable bonds is 6. The molecule has 0 aliphatic carbocycles. The second-order valence-electron chi connectivity index (χ2n) is 3.66. The maximum Gasteiger partial charge on any atom is 0.0621 e. The van der Waals surface area contributed by atoms with Crippen LogP contribution in [0.2, 0.25) is 0 Å². The van der Waals surface area contributed by atoms with Crippen LogP contribution in [0.4, 0.5) is 0 Å². The van der Waals surface area contributed by atoms with E-state index in [9.17, 15) is 0 Å². The van der Waals surface area contributed by atoms with Gasteiger partial charge in [-0.2, -0.15) is 5.26 Å². The van der Waals surface area contributed by atoms with E-state index in [4.69, 9.17) is 5.26 Å². The third-order valence-corrected chi connectivity index (χ3v) is 3.49. The Morgan fingerprint density at radius 3 is 2.53 bits per heavy atom. The third-order valence-electron chi connectivity index (χ3n) is 2.44. The lowest BCUT2D eigenvalue weighted by Crippen LogP contribution is -1.89. The van der Waals surface area contributed by atoms with Crippen LogP contribution < -0.4 is 0 Å². The second-order valence-corrected chi connectivity index (χ2v) is 4.83. The Balaban J connectivity index is 2.16. The smallest absolute Gasteiger partial charge is 0.0621 e. The summed E-state index contributed by atoms with van der Waals surface area (Å²) in [5.74, 6) is 0. The van der Waals surface area contributed by atoms with Crippen LogP contribution in [-0.2, 0) is 6.42 Å². The highest BCUT2D eigenvalue weighted by atomic mass is 127. The molecular formula is C13H16IN. The lowest BCUT2D eigenvalue weighted by Gasteiger charge is -2.03.